The van der Waals surface area contributed by atoms with Gasteiger partial charge in [-0.15, -0.1) is 0 Å². The molecule has 1 aromatic heterocycles. The van der Waals surface area contributed by atoms with Gasteiger partial charge in [0.25, 0.3) is 0 Å². The Balaban J connectivity index is 1.47. The average Bonchev–Trinajstić information content (AvgIpc) is 3.01. The van der Waals surface area contributed by atoms with Gasteiger partial charge in [-0.2, -0.15) is 5.10 Å². The molecule has 1 aromatic carbocycles. The third-order valence-electron chi connectivity index (χ3n) is 4.80. The third-order valence-corrected chi connectivity index (χ3v) is 4.80. The predicted molar refractivity (Wildman–Crippen MR) is 97.5 cm³/mol. The Hall–Kier alpha value is -2.01. The molecule has 2 N–H and O–H groups in total. The highest BCUT2D eigenvalue weighted by Crippen LogP contribution is 2.19. The van der Waals surface area contributed by atoms with Crippen LogP contribution in [0.4, 0.5) is 5.69 Å². The zero-order valence-electron chi connectivity index (χ0n) is 14.7. The molecule has 1 saturated heterocycles. The molecule has 1 fully saturated rings. The number of hydrogen-bond acceptors (Lipinski definition) is 4. The third kappa shape index (κ3) is 4.51. The second kappa shape index (κ2) is 7.71. The molecule has 2 aromatic rings. The van der Waals surface area contributed by atoms with Crippen molar-refractivity contribution in [3.63, 3.8) is 0 Å². The number of phenolic OH excluding ortho intramolecular Hbond substituents is 1. The summed E-state index contributed by atoms with van der Waals surface area (Å²) >= 11 is 0. The van der Waals surface area contributed by atoms with Crippen LogP contribution in [0.25, 0.3) is 0 Å². The molecule has 2 unspecified atom stereocenters. The zero-order valence-corrected chi connectivity index (χ0v) is 14.7. The molecule has 0 aliphatic carbocycles. The number of rotatable bonds is 6. The van der Waals surface area contributed by atoms with Crippen molar-refractivity contribution in [1.82, 2.24) is 15.1 Å². The first-order valence-corrected chi connectivity index (χ1v) is 8.87. The lowest BCUT2D eigenvalue weighted by Gasteiger charge is -2.35. The van der Waals surface area contributed by atoms with Crippen molar-refractivity contribution in [2.24, 2.45) is 7.05 Å². The van der Waals surface area contributed by atoms with Crippen LogP contribution in [0.5, 0.6) is 5.75 Å². The summed E-state index contributed by atoms with van der Waals surface area (Å²) in [4.78, 5) is 2.43. The Morgan fingerprint density at radius 3 is 2.83 bits per heavy atom. The lowest BCUT2D eigenvalue weighted by atomic mass is 10.0. The molecule has 1 aliphatic rings. The summed E-state index contributed by atoms with van der Waals surface area (Å²) in [6, 6.07) is 8.56. The predicted octanol–water partition coefficient (Wildman–Crippen LogP) is 2.71. The highest BCUT2D eigenvalue weighted by Gasteiger charge is 2.22. The molecule has 0 saturated carbocycles. The Bertz CT molecular complexity index is 637. The normalized spacial score (nSPS) is 19.4. The van der Waals surface area contributed by atoms with E-state index >= 15 is 0 Å². The van der Waals surface area contributed by atoms with Gasteiger partial charge in [-0.1, -0.05) is 12.1 Å². The number of nitrogens with zero attached hydrogens (tertiary/aromatic N) is 3. The number of benzene rings is 1. The molecule has 0 spiro atoms. The number of aryl methyl sites for hydroxylation is 2. The molecule has 5 nitrogen and oxygen atoms in total. The lowest BCUT2D eigenvalue weighted by Crippen LogP contribution is -2.48. The fourth-order valence-corrected chi connectivity index (χ4v) is 3.45. The molecule has 0 radical (unpaired) electrons. The first-order valence-electron chi connectivity index (χ1n) is 8.87. The Labute approximate surface area is 144 Å². The molecule has 2 atom stereocenters. The lowest BCUT2D eigenvalue weighted by molar-refractivity contribution is 0.373. The van der Waals surface area contributed by atoms with Gasteiger partial charge in [-0.05, 0) is 50.3 Å². The van der Waals surface area contributed by atoms with Crippen molar-refractivity contribution < 1.29 is 5.11 Å². The van der Waals surface area contributed by atoms with Crippen LogP contribution in [0.2, 0.25) is 0 Å². The van der Waals surface area contributed by atoms with Crippen molar-refractivity contribution in [2.75, 3.05) is 18.0 Å². The van der Waals surface area contributed by atoms with Crippen LogP contribution < -0.4 is 10.2 Å². The van der Waals surface area contributed by atoms with Gasteiger partial charge in [0.1, 0.15) is 5.75 Å². The van der Waals surface area contributed by atoms with Gasteiger partial charge in [0.2, 0.25) is 0 Å². The summed E-state index contributed by atoms with van der Waals surface area (Å²) in [6.45, 7) is 4.43. The Kier molecular flexibility index (Phi) is 5.41. The average molecular weight is 328 g/mol. The Morgan fingerprint density at radius 1 is 1.33 bits per heavy atom. The number of nitrogens with one attached hydrogen (secondary N) is 1. The fraction of sp³-hybridized carbons (Fsp3) is 0.526. The first kappa shape index (κ1) is 16.8. The number of aromatic nitrogens is 2. The maximum absolute atomic E-state index is 9.35. The number of hydrogen-bond donors (Lipinski definition) is 2. The van der Waals surface area contributed by atoms with Gasteiger partial charge in [0, 0.05) is 38.4 Å². The summed E-state index contributed by atoms with van der Waals surface area (Å²) in [7, 11) is 1.97. The summed E-state index contributed by atoms with van der Waals surface area (Å²) in [5, 5.41) is 17.4. The van der Waals surface area contributed by atoms with E-state index in [-0.39, 0.29) is 0 Å². The van der Waals surface area contributed by atoms with Crippen molar-refractivity contribution in [1.29, 1.82) is 0 Å². The van der Waals surface area contributed by atoms with Crippen LogP contribution in [0, 0.1) is 0 Å². The fourth-order valence-electron chi connectivity index (χ4n) is 3.45. The molecule has 0 amide bonds. The van der Waals surface area contributed by atoms with E-state index in [4.69, 9.17) is 0 Å². The monoisotopic (exact) mass is 328 g/mol. The van der Waals surface area contributed by atoms with Crippen LogP contribution in [0.3, 0.4) is 0 Å². The maximum Gasteiger partial charge on any atom is 0.115 e. The minimum atomic E-state index is 0.336. The van der Waals surface area contributed by atoms with Crippen LogP contribution in [0.1, 0.15) is 31.7 Å². The van der Waals surface area contributed by atoms with Gasteiger partial charge in [-0.25, -0.2) is 0 Å². The van der Waals surface area contributed by atoms with E-state index in [0.717, 1.165) is 25.9 Å². The van der Waals surface area contributed by atoms with Gasteiger partial charge in [0.15, 0.2) is 0 Å². The van der Waals surface area contributed by atoms with E-state index in [1.807, 2.05) is 30.1 Å². The second-order valence-corrected chi connectivity index (χ2v) is 6.93. The largest absolute Gasteiger partial charge is 0.508 e. The van der Waals surface area contributed by atoms with Gasteiger partial charge in [0.05, 0.1) is 11.9 Å². The van der Waals surface area contributed by atoms with E-state index < -0.39 is 0 Å². The maximum atomic E-state index is 9.35. The minimum absolute atomic E-state index is 0.336. The highest BCUT2D eigenvalue weighted by atomic mass is 16.3. The number of phenols is 1. The molecule has 130 valence electrons. The summed E-state index contributed by atoms with van der Waals surface area (Å²) in [5.41, 5.74) is 2.50. The van der Waals surface area contributed by atoms with E-state index in [1.54, 1.807) is 12.1 Å². The molecule has 0 bridgehead atoms. The summed E-state index contributed by atoms with van der Waals surface area (Å²) in [5.74, 6) is 0.336. The molecular formula is C19H28N4O. The van der Waals surface area contributed by atoms with Crippen molar-refractivity contribution >= 4 is 5.69 Å². The van der Waals surface area contributed by atoms with Crippen LogP contribution in [0.15, 0.2) is 36.7 Å². The highest BCUT2D eigenvalue weighted by molar-refractivity contribution is 5.43. The number of aromatic hydroxyl groups is 1. The van der Waals surface area contributed by atoms with E-state index in [1.165, 1.54) is 24.1 Å². The van der Waals surface area contributed by atoms with Crippen LogP contribution >= 0.6 is 0 Å². The van der Waals surface area contributed by atoms with E-state index in [2.05, 4.69) is 28.4 Å². The summed E-state index contributed by atoms with van der Waals surface area (Å²) < 4.78 is 1.87. The second-order valence-electron chi connectivity index (χ2n) is 6.93. The standard InChI is InChI=1S/C19H28N4O/c1-15(5-6-16-7-9-19(24)10-8-16)21-17-4-3-11-23(13-17)18-12-20-22(2)14-18/h7-10,12,14-15,17,21,24H,3-6,11,13H2,1-2H3. The van der Waals surface area contributed by atoms with Gasteiger partial charge in [-0.3, -0.25) is 4.68 Å². The molecule has 3 rings (SSSR count). The van der Waals surface area contributed by atoms with Crippen LogP contribution in [-0.2, 0) is 13.5 Å². The molecule has 2 heterocycles. The minimum Gasteiger partial charge on any atom is -0.508 e. The summed E-state index contributed by atoms with van der Waals surface area (Å²) in [6.07, 6.45) is 8.65. The first-order chi connectivity index (χ1) is 11.6. The van der Waals surface area contributed by atoms with Crippen molar-refractivity contribution in [3.8, 4) is 5.75 Å². The molecule has 1 aliphatic heterocycles. The zero-order chi connectivity index (χ0) is 16.9. The van der Waals surface area contributed by atoms with Crippen molar-refractivity contribution in [2.45, 2.75) is 44.7 Å². The van der Waals surface area contributed by atoms with E-state index in [0.29, 0.717) is 17.8 Å². The molecule has 24 heavy (non-hydrogen) atoms. The van der Waals surface area contributed by atoms with Gasteiger partial charge >= 0.3 is 0 Å². The Morgan fingerprint density at radius 2 is 2.12 bits per heavy atom. The smallest absolute Gasteiger partial charge is 0.115 e. The van der Waals surface area contributed by atoms with Gasteiger partial charge < -0.3 is 15.3 Å². The molecular weight excluding hydrogens is 300 g/mol. The number of piperidine rings is 1. The SMILES string of the molecule is CC(CCc1ccc(O)cc1)NC1CCCN(c2cnn(C)c2)C1. The van der Waals surface area contributed by atoms with E-state index in [9.17, 15) is 5.11 Å². The van der Waals surface area contributed by atoms with Crippen LogP contribution in [-0.4, -0.2) is 40.1 Å². The molecule has 5 heteroatoms. The van der Waals surface area contributed by atoms with Crippen molar-refractivity contribution in [3.05, 3.63) is 42.2 Å². The quantitative estimate of drug-likeness (QED) is 0.856. The number of anilines is 1. The topological polar surface area (TPSA) is 53.3 Å².